The Morgan fingerprint density at radius 1 is 1.17 bits per heavy atom. The van der Waals surface area contributed by atoms with Crippen molar-refractivity contribution in [2.24, 2.45) is 0 Å². The van der Waals surface area contributed by atoms with Gasteiger partial charge in [0.15, 0.2) is 0 Å². The Kier molecular flexibility index (Phi) is 6.46. The minimum atomic E-state index is 0.407. The molecule has 2 fully saturated rings. The molecule has 0 amide bonds. The molecule has 128 valence electrons. The lowest BCUT2D eigenvalue weighted by Crippen LogP contribution is -2.47. The average molecular weight is 318 g/mol. The molecule has 3 rings (SSSR count). The van der Waals surface area contributed by atoms with E-state index in [2.05, 4.69) is 47.5 Å². The first-order chi connectivity index (χ1) is 11.3. The Morgan fingerprint density at radius 3 is 2.65 bits per heavy atom. The monoisotopic (exact) mass is 318 g/mol. The van der Waals surface area contributed by atoms with E-state index in [9.17, 15) is 0 Å². The van der Waals surface area contributed by atoms with Gasteiger partial charge in [-0.05, 0) is 38.3 Å². The molecule has 0 radical (unpaired) electrons. The molecule has 0 saturated carbocycles. The molecule has 0 bridgehead atoms. The highest BCUT2D eigenvalue weighted by molar-refractivity contribution is 5.21. The van der Waals surface area contributed by atoms with E-state index in [1.165, 1.54) is 18.4 Å². The Bertz CT molecular complexity index is 442. The van der Waals surface area contributed by atoms with Crippen LogP contribution >= 0.6 is 0 Å². The molecule has 2 saturated heterocycles. The molecule has 1 N–H and O–H groups in total. The summed E-state index contributed by atoms with van der Waals surface area (Å²) in [7, 11) is 0. The van der Waals surface area contributed by atoms with Gasteiger partial charge in [-0.3, -0.25) is 4.90 Å². The van der Waals surface area contributed by atoms with E-state index in [1.807, 2.05) is 0 Å². The van der Waals surface area contributed by atoms with Crippen LogP contribution in [-0.2, 0) is 9.47 Å². The number of morpholine rings is 1. The first-order valence-corrected chi connectivity index (χ1v) is 9.06. The zero-order chi connectivity index (χ0) is 15.9. The first kappa shape index (κ1) is 16.9. The van der Waals surface area contributed by atoms with Crippen LogP contribution in [0.15, 0.2) is 30.3 Å². The first-order valence-electron chi connectivity index (χ1n) is 9.06. The standard InChI is InChI=1S/C19H30N2O2/c1-16(20-10-9-18-8-5-13-23-18)19(17-6-3-2-4-7-17)21-11-14-22-15-12-21/h2-4,6-7,16,18-20H,5,8-15H2,1H3/t16-,18+,19-/m0/s1. The molecule has 0 aromatic heterocycles. The maximum atomic E-state index is 5.73. The molecular formula is C19H30N2O2. The number of nitrogens with zero attached hydrogens (tertiary/aromatic N) is 1. The maximum absolute atomic E-state index is 5.73. The van der Waals surface area contributed by atoms with E-state index < -0.39 is 0 Å². The fraction of sp³-hybridized carbons (Fsp3) is 0.684. The Balaban J connectivity index is 1.59. The zero-order valence-electron chi connectivity index (χ0n) is 14.2. The fourth-order valence-corrected chi connectivity index (χ4v) is 3.78. The highest BCUT2D eigenvalue weighted by Crippen LogP contribution is 2.25. The van der Waals surface area contributed by atoms with Gasteiger partial charge in [0.1, 0.15) is 0 Å². The summed E-state index contributed by atoms with van der Waals surface area (Å²) in [6, 6.07) is 11.7. The van der Waals surface area contributed by atoms with Gasteiger partial charge >= 0.3 is 0 Å². The molecule has 4 nitrogen and oxygen atoms in total. The lowest BCUT2D eigenvalue weighted by molar-refractivity contribution is 0.00832. The summed E-state index contributed by atoms with van der Waals surface area (Å²) in [6.07, 6.45) is 4.03. The molecule has 2 aliphatic heterocycles. The minimum Gasteiger partial charge on any atom is -0.379 e. The lowest BCUT2D eigenvalue weighted by atomic mass is 9.98. The summed E-state index contributed by atoms with van der Waals surface area (Å²) in [5.41, 5.74) is 1.39. The predicted molar refractivity (Wildman–Crippen MR) is 92.6 cm³/mol. The van der Waals surface area contributed by atoms with Gasteiger partial charge in [0.25, 0.3) is 0 Å². The molecule has 23 heavy (non-hydrogen) atoms. The van der Waals surface area contributed by atoms with Crippen molar-refractivity contribution in [1.82, 2.24) is 10.2 Å². The molecule has 0 aliphatic carbocycles. The quantitative estimate of drug-likeness (QED) is 0.838. The van der Waals surface area contributed by atoms with Crippen LogP contribution in [0.25, 0.3) is 0 Å². The van der Waals surface area contributed by atoms with Crippen molar-refractivity contribution in [2.75, 3.05) is 39.5 Å². The van der Waals surface area contributed by atoms with Crippen molar-refractivity contribution in [1.29, 1.82) is 0 Å². The third-order valence-corrected chi connectivity index (χ3v) is 5.01. The molecule has 1 aromatic carbocycles. The van der Waals surface area contributed by atoms with Crippen LogP contribution in [0.3, 0.4) is 0 Å². The van der Waals surface area contributed by atoms with Gasteiger partial charge < -0.3 is 14.8 Å². The van der Waals surface area contributed by atoms with E-state index in [0.29, 0.717) is 18.2 Å². The number of nitrogens with one attached hydrogen (secondary N) is 1. The molecule has 2 aliphatic rings. The third kappa shape index (κ3) is 4.77. The van der Waals surface area contributed by atoms with Crippen LogP contribution in [-0.4, -0.2) is 56.5 Å². The zero-order valence-corrected chi connectivity index (χ0v) is 14.2. The smallest absolute Gasteiger partial charge is 0.0594 e. The van der Waals surface area contributed by atoms with Crippen molar-refractivity contribution in [3.05, 3.63) is 35.9 Å². The second-order valence-electron chi connectivity index (χ2n) is 6.67. The van der Waals surface area contributed by atoms with Gasteiger partial charge in [0, 0.05) is 25.7 Å². The third-order valence-electron chi connectivity index (χ3n) is 5.01. The summed E-state index contributed by atoms with van der Waals surface area (Å²) in [5.74, 6) is 0. The second kappa shape index (κ2) is 8.78. The van der Waals surface area contributed by atoms with E-state index in [1.54, 1.807) is 0 Å². The Morgan fingerprint density at radius 2 is 1.96 bits per heavy atom. The van der Waals surface area contributed by atoms with Crippen molar-refractivity contribution in [3.63, 3.8) is 0 Å². The van der Waals surface area contributed by atoms with Gasteiger partial charge in [-0.15, -0.1) is 0 Å². The number of hydrogen-bond donors (Lipinski definition) is 1. The number of rotatable bonds is 7. The van der Waals surface area contributed by atoms with Gasteiger partial charge in [-0.2, -0.15) is 0 Å². The molecular weight excluding hydrogens is 288 g/mol. The van der Waals surface area contributed by atoms with E-state index >= 15 is 0 Å². The molecule has 2 heterocycles. The van der Waals surface area contributed by atoms with Gasteiger partial charge in [-0.1, -0.05) is 30.3 Å². The van der Waals surface area contributed by atoms with Crippen molar-refractivity contribution in [3.8, 4) is 0 Å². The van der Waals surface area contributed by atoms with Gasteiger partial charge in [-0.25, -0.2) is 0 Å². The Labute approximate surface area is 140 Å². The lowest BCUT2D eigenvalue weighted by Gasteiger charge is -2.38. The summed E-state index contributed by atoms with van der Waals surface area (Å²) in [6.45, 7) is 7.98. The van der Waals surface area contributed by atoms with Gasteiger partial charge in [0.2, 0.25) is 0 Å². The SMILES string of the molecule is C[C@H](NCC[C@H]1CCCO1)[C@@H](c1ccccc1)N1CCOCC1. The van der Waals surface area contributed by atoms with E-state index in [4.69, 9.17) is 9.47 Å². The average Bonchev–Trinajstić information content (AvgIpc) is 3.10. The molecule has 0 spiro atoms. The molecule has 3 atom stereocenters. The normalized spacial score (nSPS) is 25.3. The predicted octanol–water partition coefficient (Wildman–Crippen LogP) is 2.61. The van der Waals surface area contributed by atoms with Crippen LogP contribution in [0.2, 0.25) is 0 Å². The molecule has 0 unspecified atom stereocenters. The van der Waals surface area contributed by atoms with Crippen LogP contribution in [0.1, 0.15) is 37.8 Å². The largest absolute Gasteiger partial charge is 0.379 e. The number of benzene rings is 1. The van der Waals surface area contributed by atoms with E-state index in [-0.39, 0.29) is 0 Å². The summed E-state index contributed by atoms with van der Waals surface area (Å²) < 4.78 is 11.3. The number of hydrogen-bond acceptors (Lipinski definition) is 4. The van der Waals surface area contributed by atoms with Crippen molar-refractivity contribution < 1.29 is 9.47 Å². The van der Waals surface area contributed by atoms with Crippen LogP contribution < -0.4 is 5.32 Å². The number of ether oxygens (including phenoxy) is 2. The van der Waals surface area contributed by atoms with Crippen molar-refractivity contribution >= 4 is 0 Å². The van der Waals surface area contributed by atoms with Crippen LogP contribution in [0, 0.1) is 0 Å². The fourth-order valence-electron chi connectivity index (χ4n) is 3.78. The second-order valence-corrected chi connectivity index (χ2v) is 6.67. The van der Waals surface area contributed by atoms with E-state index in [0.717, 1.165) is 45.9 Å². The van der Waals surface area contributed by atoms with Gasteiger partial charge in [0.05, 0.1) is 25.4 Å². The topological polar surface area (TPSA) is 33.7 Å². The molecule has 4 heteroatoms. The highest BCUT2D eigenvalue weighted by atomic mass is 16.5. The van der Waals surface area contributed by atoms with Crippen LogP contribution in [0.4, 0.5) is 0 Å². The van der Waals surface area contributed by atoms with Crippen LogP contribution in [0.5, 0.6) is 0 Å². The van der Waals surface area contributed by atoms with Crippen molar-refractivity contribution in [2.45, 2.75) is 44.4 Å². The highest BCUT2D eigenvalue weighted by Gasteiger charge is 2.27. The summed E-state index contributed by atoms with van der Waals surface area (Å²) >= 11 is 0. The summed E-state index contributed by atoms with van der Waals surface area (Å²) in [4.78, 5) is 2.56. The minimum absolute atomic E-state index is 0.407. The Hall–Kier alpha value is -0.940. The summed E-state index contributed by atoms with van der Waals surface area (Å²) in [5, 5.41) is 3.74. The molecule has 1 aromatic rings. The maximum Gasteiger partial charge on any atom is 0.0594 e.